The second kappa shape index (κ2) is 6.86. The quantitative estimate of drug-likeness (QED) is 0.831. The van der Waals surface area contributed by atoms with Gasteiger partial charge in [-0.15, -0.1) is 0 Å². The van der Waals surface area contributed by atoms with E-state index in [2.05, 4.69) is 5.32 Å². The van der Waals surface area contributed by atoms with Gasteiger partial charge >= 0.3 is 5.97 Å². The predicted octanol–water partition coefficient (Wildman–Crippen LogP) is 1.68. The van der Waals surface area contributed by atoms with Crippen LogP contribution in [0.1, 0.15) is 26.3 Å². The average Bonchev–Trinajstić information content (AvgIpc) is 2.44. The molecule has 1 amide bonds. The molecule has 21 heavy (non-hydrogen) atoms. The second-order valence-electron chi connectivity index (χ2n) is 5.12. The number of carboxylic acids is 1. The van der Waals surface area contributed by atoms with Crippen LogP contribution in [0.4, 0.5) is 5.69 Å². The number of hydrogen-bond donors (Lipinski definition) is 2. The van der Waals surface area contributed by atoms with E-state index in [1.54, 1.807) is 49.9 Å². The van der Waals surface area contributed by atoms with E-state index in [1.807, 2.05) is 6.07 Å². The fourth-order valence-electron chi connectivity index (χ4n) is 1.88. The van der Waals surface area contributed by atoms with Crippen molar-refractivity contribution < 1.29 is 14.7 Å². The maximum Gasteiger partial charge on any atom is 0.323 e. The molecule has 2 N–H and O–H groups in total. The summed E-state index contributed by atoms with van der Waals surface area (Å²) in [6.07, 6.45) is 0. The highest BCUT2D eigenvalue weighted by molar-refractivity contribution is 5.93. The van der Waals surface area contributed by atoms with Gasteiger partial charge in [0.2, 0.25) is 5.91 Å². The number of carbonyl (C=O) groups is 2. The van der Waals surface area contributed by atoms with Gasteiger partial charge < -0.3 is 10.4 Å². The Balaban J connectivity index is 2.76. The molecular formula is C15H19N3O3. The van der Waals surface area contributed by atoms with Gasteiger partial charge in [0.15, 0.2) is 0 Å². The molecule has 0 aliphatic carbocycles. The van der Waals surface area contributed by atoms with Gasteiger partial charge in [0, 0.05) is 5.69 Å². The molecule has 0 radical (unpaired) electrons. The van der Waals surface area contributed by atoms with Crippen LogP contribution in [-0.2, 0) is 9.59 Å². The van der Waals surface area contributed by atoms with Crippen LogP contribution in [0.25, 0.3) is 0 Å². The van der Waals surface area contributed by atoms with E-state index in [-0.39, 0.29) is 12.5 Å². The molecule has 0 bridgehead atoms. The molecule has 0 fully saturated rings. The standard InChI is InChI=1S/C15H19N3O3/c1-4-18(15(2,3)14(20)21)10-13(19)17-12-7-5-6-11(8-12)9-16/h5-8H,4,10H2,1-3H3,(H,17,19)(H,20,21). The van der Waals surface area contributed by atoms with E-state index >= 15 is 0 Å². The second-order valence-corrected chi connectivity index (χ2v) is 5.12. The van der Waals surface area contributed by atoms with Gasteiger partial charge in [-0.25, -0.2) is 0 Å². The number of rotatable bonds is 6. The van der Waals surface area contributed by atoms with Crippen molar-refractivity contribution in [3.8, 4) is 6.07 Å². The number of likely N-dealkylation sites (N-methyl/N-ethyl adjacent to an activating group) is 1. The van der Waals surface area contributed by atoms with Gasteiger partial charge in [-0.05, 0) is 38.6 Å². The topological polar surface area (TPSA) is 93.4 Å². The largest absolute Gasteiger partial charge is 0.480 e. The molecule has 0 saturated heterocycles. The van der Waals surface area contributed by atoms with E-state index in [9.17, 15) is 14.7 Å². The van der Waals surface area contributed by atoms with E-state index < -0.39 is 11.5 Å². The first-order chi connectivity index (χ1) is 9.81. The molecular weight excluding hydrogens is 270 g/mol. The lowest BCUT2D eigenvalue weighted by Gasteiger charge is -2.33. The number of nitriles is 1. The molecule has 0 unspecified atom stereocenters. The molecule has 0 aromatic heterocycles. The van der Waals surface area contributed by atoms with E-state index in [1.165, 1.54) is 0 Å². The summed E-state index contributed by atoms with van der Waals surface area (Å²) in [7, 11) is 0. The third-order valence-electron chi connectivity index (χ3n) is 3.31. The normalized spacial score (nSPS) is 11.0. The molecule has 0 atom stereocenters. The van der Waals surface area contributed by atoms with Crippen molar-refractivity contribution in [2.75, 3.05) is 18.4 Å². The molecule has 0 aliphatic heterocycles. The minimum atomic E-state index is -1.12. The van der Waals surface area contributed by atoms with Crippen LogP contribution >= 0.6 is 0 Å². The van der Waals surface area contributed by atoms with Crippen LogP contribution in [0.15, 0.2) is 24.3 Å². The summed E-state index contributed by atoms with van der Waals surface area (Å²) in [5, 5.41) is 20.7. The van der Waals surface area contributed by atoms with Gasteiger partial charge in [0.05, 0.1) is 18.2 Å². The van der Waals surface area contributed by atoms with E-state index in [4.69, 9.17) is 5.26 Å². The average molecular weight is 289 g/mol. The molecule has 0 aliphatic rings. The number of amides is 1. The SMILES string of the molecule is CCN(CC(=O)Nc1cccc(C#N)c1)C(C)(C)C(=O)O. The summed E-state index contributed by atoms with van der Waals surface area (Å²) >= 11 is 0. The molecule has 6 nitrogen and oxygen atoms in total. The molecule has 1 aromatic carbocycles. The lowest BCUT2D eigenvalue weighted by molar-refractivity contribution is -0.149. The molecule has 6 heteroatoms. The summed E-state index contributed by atoms with van der Waals surface area (Å²) in [6, 6.07) is 8.55. The van der Waals surface area contributed by atoms with Crippen molar-refractivity contribution in [3.05, 3.63) is 29.8 Å². The minimum Gasteiger partial charge on any atom is -0.480 e. The molecule has 1 aromatic rings. The number of benzene rings is 1. The van der Waals surface area contributed by atoms with Crippen LogP contribution < -0.4 is 5.32 Å². The highest BCUT2D eigenvalue weighted by Gasteiger charge is 2.34. The maximum atomic E-state index is 12.0. The zero-order valence-corrected chi connectivity index (χ0v) is 12.4. The Kier molecular flexibility index (Phi) is 5.44. The number of nitrogens with zero attached hydrogens (tertiary/aromatic N) is 2. The fourth-order valence-corrected chi connectivity index (χ4v) is 1.88. The third-order valence-corrected chi connectivity index (χ3v) is 3.31. The first kappa shape index (κ1) is 16.7. The smallest absolute Gasteiger partial charge is 0.323 e. The number of nitrogens with one attached hydrogen (secondary N) is 1. The third kappa shape index (κ3) is 4.29. The molecule has 112 valence electrons. The lowest BCUT2D eigenvalue weighted by Crippen LogP contribution is -2.52. The van der Waals surface area contributed by atoms with Gasteiger partial charge in [-0.3, -0.25) is 14.5 Å². The van der Waals surface area contributed by atoms with Crippen LogP contribution in [0.2, 0.25) is 0 Å². The van der Waals surface area contributed by atoms with E-state index in [0.717, 1.165) is 0 Å². The summed E-state index contributed by atoms with van der Waals surface area (Å²) in [6.45, 7) is 5.32. The lowest BCUT2D eigenvalue weighted by atomic mass is 10.0. The molecule has 0 saturated carbocycles. The van der Waals surface area contributed by atoms with Gasteiger partial charge in [0.1, 0.15) is 5.54 Å². The molecule has 0 spiro atoms. The zero-order chi connectivity index (χ0) is 16.0. The number of hydrogen-bond acceptors (Lipinski definition) is 4. The van der Waals surface area contributed by atoms with Gasteiger partial charge in [-0.2, -0.15) is 5.26 Å². The van der Waals surface area contributed by atoms with Crippen molar-refractivity contribution in [1.82, 2.24) is 4.90 Å². The van der Waals surface area contributed by atoms with Crippen LogP contribution in [-0.4, -0.2) is 40.5 Å². The Morgan fingerprint density at radius 2 is 2.10 bits per heavy atom. The van der Waals surface area contributed by atoms with Crippen LogP contribution in [0.3, 0.4) is 0 Å². The van der Waals surface area contributed by atoms with Gasteiger partial charge in [0.25, 0.3) is 0 Å². The Morgan fingerprint density at radius 1 is 1.43 bits per heavy atom. The highest BCUT2D eigenvalue weighted by Crippen LogP contribution is 2.15. The zero-order valence-electron chi connectivity index (χ0n) is 12.4. The molecule has 0 heterocycles. The summed E-state index contributed by atoms with van der Waals surface area (Å²) in [5.41, 5.74) is -0.158. The number of anilines is 1. The predicted molar refractivity (Wildman–Crippen MR) is 78.7 cm³/mol. The number of aliphatic carboxylic acids is 1. The summed E-state index contributed by atoms with van der Waals surface area (Å²) in [5.74, 6) is -1.30. The monoisotopic (exact) mass is 289 g/mol. The number of carbonyl (C=O) groups excluding carboxylic acids is 1. The van der Waals surface area contributed by atoms with Gasteiger partial charge in [-0.1, -0.05) is 13.0 Å². The van der Waals surface area contributed by atoms with Crippen molar-refractivity contribution in [3.63, 3.8) is 0 Å². The first-order valence-corrected chi connectivity index (χ1v) is 6.59. The highest BCUT2D eigenvalue weighted by atomic mass is 16.4. The first-order valence-electron chi connectivity index (χ1n) is 6.59. The molecule has 1 rings (SSSR count). The van der Waals surface area contributed by atoms with Crippen molar-refractivity contribution in [2.24, 2.45) is 0 Å². The van der Waals surface area contributed by atoms with Crippen molar-refractivity contribution in [1.29, 1.82) is 5.26 Å². The Hall–Kier alpha value is -2.39. The Bertz CT molecular complexity index is 576. The maximum absolute atomic E-state index is 12.0. The van der Waals surface area contributed by atoms with Crippen molar-refractivity contribution >= 4 is 17.6 Å². The summed E-state index contributed by atoms with van der Waals surface area (Å²) < 4.78 is 0. The van der Waals surface area contributed by atoms with Crippen LogP contribution in [0.5, 0.6) is 0 Å². The fraction of sp³-hybridized carbons (Fsp3) is 0.400. The minimum absolute atomic E-state index is 0.0351. The van der Waals surface area contributed by atoms with E-state index in [0.29, 0.717) is 17.8 Å². The Labute approximate surface area is 124 Å². The summed E-state index contributed by atoms with van der Waals surface area (Å²) in [4.78, 5) is 24.8. The Morgan fingerprint density at radius 3 is 2.62 bits per heavy atom. The van der Waals surface area contributed by atoms with Crippen LogP contribution in [0, 0.1) is 11.3 Å². The van der Waals surface area contributed by atoms with Crippen molar-refractivity contribution in [2.45, 2.75) is 26.3 Å². The number of carboxylic acid groups (broad SMARTS) is 1.